The molecule has 7 heteroatoms. The highest BCUT2D eigenvalue weighted by Gasteiger charge is 2.27. The number of benzene rings is 2. The van der Waals surface area contributed by atoms with Gasteiger partial charge in [-0.25, -0.2) is 5.48 Å². The third-order valence-electron chi connectivity index (χ3n) is 5.68. The summed E-state index contributed by atoms with van der Waals surface area (Å²) in [5, 5.41) is 18.3. The molecule has 0 saturated heterocycles. The second-order valence-electron chi connectivity index (χ2n) is 7.55. The summed E-state index contributed by atoms with van der Waals surface area (Å²) in [5.41, 5.74) is 6.15. The van der Waals surface area contributed by atoms with Crippen molar-refractivity contribution in [3.05, 3.63) is 64.7 Å². The fourth-order valence-corrected chi connectivity index (χ4v) is 4.14. The van der Waals surface area contributed by atoms with E-state index in [0.717, 1.165) is 48.4 Å². The van der Waals surface area contributed by atoms with Crippen LogP contribution in [0.5, 0.6) is 11.5 Å². The van der Waals surface area contributed by atoms with E-state index in [4.69, 9.17) is 14.7 Å². The fourth-order valence-electron chi connectivity index (χ4n) is 4.14. The van der Waals surface area contributed by atoms with Crippen molar-refractivity contribution in [2.45, 2.75) is 25.3 Å². The number of carbonyl (C=O) groups is 1. The summed E-state index contributed by atoms with van der Waals surface area (Å²) in [7, 11) is 3.29. The molecular weight excluding hydrogens is 396 g/mol. The van der Waals surface area contributed by atoms with Gasteiger partial charge in [0.2, 0.25) is 0 Å². The SMILES string of the molecule is COc1cc(CCN(CCO)C2CCc3cc(C=CC(=O)NO)ccc32)cc(OC)c1. The van der Waals surface area contributed by atoms with Crippen LogP contribution in [-0.2, 0) is 17.6 Å². The van der Waals surface area contributed by atoms with Gasteiger partial charge in [-0.2, -0.15) is 0 Å². The summed E-state index contributed by atoms with van der Waals surface area (Å²) in [4.78, 5) is 13.5. The molecule has 0 heterocycles. The lowest BCUT2D eigenvalue weighted by atomic mass is 10.0. The number of fused-ring (bicyclic) bond motifs is 1. The lowest BCUT2D eigenvalue weighted by Crippen LogP contribution is -2.32. The maximum absolute atomic E-state index is 11.2. The number of hydrogen-bond acceptors (Lipinski definition) is 6. The van der Waals surface area contributed by atoms with Crippen molar-refractivity contribution < 1.29 is 24.6 Å². The Kier molecular flexibility index (Phi) is 8.06. The van der Waals surface area contributed by atoms with Gasteiger partial charge in [0.1, 0.15) is 11.5 Å². The van der Waals surface area contributed by atoms with Crippen molar-refractivity contribution in [3.8, 4) is 11.5 Å². The maximum Gasteiger partial charge on any atom is 0.267 e. The number of rotatable bonds is 10. The van der Waals surface area contributed by atoms with Gasteiger partial charge < -0.3 is 14.6 Å². The summed E-state index contributed by atoms with van der Waals surface area (Å²) in [6.45, 7) is 1.51. The topological polar surface area (TPSA) is 91.3 Å². The third kappa shape index (κ3) is 5.85. The minimum atomic E-state index is -0.554. The van der Waals surface area contributed by atoms with Crippen molar-refractivity contribution in [2.75, 3.05) is 33.9 Å². The van der Waals surface area contributed by atoms with Crippen LogP contribution >= 0.6 is 0 Å². The van der Waals surface area contributed by atoms with Crippen molar-refractivity contribution in [2.24, 2.45) is 0 Å². The van der Waals surface area contributed by atoms with Gasteiger partial charge in [-0.1, -0.05) is 18.2 Å². The van der Waals surface area contributed by atoms with E-state index in [0.29, 0.717) is 6.54 Å². The fraction of sp³-hybridized carbons (Fsp3) is 0.375. The molecular formula is C24H30N2O5. The molecule has 3 N–H and O–H groups in total. The Balaban J connectivity index is 1.73. The zero-order chi connectivity index (χ0) is 22.2. The van der Waals surface area contributed by atoms with E-state index in [1.54, 1.807) is 25.8 Å². The highest BCUT2D eigenvalue weighted by Crippen LogP contribution is 2.36. The molecule has 31 heavy (non-hydrogen) atoms. The molecule has 1 amide bonds. The second kappa shape index (κ2) is 10.9. The molecule has 0 bridgehead atoms. The monoisotopic (exact) mass is 426 g/mol. The van der Waals surface area contributed by atoms with E-state index in [2.05, 4.69) is 17.0 Å². The first kappa shape index (κ1) is 22.8. The van der Waals surface area contributed by atoms with E-state index in [1.807, 2.05) is 24.3 Å². The summed E-state index contributed by atoms with van der Waals surface area (Å²) in [6.07, 6.45) is 5.73. The number of hydrogen-bond donors (Lipinski definition) is 3. The van der Waals surface area contributed by atoms with E-state index in [9.17, 15) is 9.90 Å². The maximum atomic E-state index is 11.2. The molecule has 0 radical (unpaired) electrons. The lowest BCUT2D eigenvalue weighted by molar-refractivity contribution is -0.124. The lowest BCUT2D eigenvalue weighted by Gasteiger charge is -2.29. The van der Waals surface area contributed by atoms with Crippen LogP contribution < -0.4 is 15.0 Å². The predicted molar refractivity (Wildman–Crippen MR) is 118 cm³/mol. The number of carbonyl (C=O) groups excluding carboxylic acids is 1. The first-order chi connectivity index (χ1) is 15.1. The number of nitrogens with zero attached hydrogens (tertiary/aromatic N) is 1. The second-order valence-corrected chi connectivity index (χ2v) is 7.55. The minimum absolute atomic E-state index is 0.102. The molecule has 1 atom stereocenters. The van der Waals surface area contributed by atoms with E-state index < -0.39 is 5.91 Å². The standard InChI is InChI=1S/C24H30N2O5/c1-30-20-14-18(15-21(16-20)31-2)9-10-26(11-12-27)23-7-5-19-13-17(3-6-22(19)23)4-8-24(28)25-29/h3-4,6,8,13-16,23,27,29H,5,7,9-12H2,1-2H3,(H,25,28). The Morgan fingerprint density at radius 1 is 1.16 bits per heavy atom. The average Bonchev–Trinajstić information content (AvgIpc) is 3.22. The van der Waals surface area contributed by atoms with E-state index in [-0.39, 0.29) is 12.6 Å². The van der Waals surface area contributed by atoms with Crippen LogP contribution in [0, 0.1) is 0 Å². The van der Waals surface area contributed by atoms with Crippen molar-refractivity contribution >= 4 is 12.0 Å². The van der Waals surface area contributed by atoms with Crippen LogP contribution in [0.25, 0.3) is 6.08 Å². The number of aliphatic hydroxyl groups is 1. The zero-order valence-electron chi connectivity index (χ0n) is 18.0. The molecule has 2 aromatic carbocycles. The molecule has 1 unspecified atom stereocenters. The Labute approximate surface area is 182 Å². The Morgan fingerprint density at radius 3 is 2.55 bits per heavy atom. The Hall–Kier alpha value is -2.87. The summed E-state index contributed by atoms with van der Waals surface area (Å²) in [5.74, 6) is 0.983. The summed E-state index contributed by atoms with van der Waals surface area (Å²) >= 11 is 0. The van der Waals surface area contributed by atoms with Crippen molar-refractivity contribution in [1.82, 2.24) is 10.4 Å². The Morgan fingerprint density at radius 2 is 1.90 bits per heavy atom. The quantitative estimate of drug-likeness (QED) is 0.307. The Bertz CT molecular complexity index is 906. The summed E-state index contributed by atoms with van der Waals surface area (Å²) in [6, 6.07) is 12.3. The zero-order valence-corrected chi connectivity index (χ0v) is 18.0. The molecule has 3 rings (SSSR count). The normalized spacial score (nSPS) is 15.3. The first-order valence-electron chi connectivity index (χ1n) is 10.4. The largest absolute Gasteiger partial charge is 0.497 e. The van der Waals surface area contributed by atoms with E-state index >= 15 is 0 Å². The van der Waals surface area contributed by atoms with Gasteiger partial charge in [-0.15, -0.1) is 0 Å². The molecule has 7 nitrogen and oxygen atoms in total. The van der Waals surface area contributed by atoms with E-state index in [1.165, 1.54) is 17.2 Å². The third-order valence-corrected chi connectivity index (χ3v) is 5.68. The van der Waals surface area contributed by atoms with Crippen LogP contribution in [-0.4, -0.2) is 55.0 Å². The highest BCUT2D eigenvalue weighted by molar-refractivity contribution is 5.90. The molecule has 0 spiro atoms. The predicted octanol–water partition coefficient (Wildman–Crippen LogP) is 2.75. The van der Waals surface area contributed by atoms with Crippen LogP contribution in [0.15, 0.2) is 42.5 Å². The van der Waals surface area contributed by atoms with Gasteiger partial charge in [0, 0.05) is 31.3 Å². The van der Waals surface area contributed by atoms with Gasteiger partial charge in [-0.3, -0.25) is 14.9 Å². The van der Waals surface area contributed by atoms with Gasteiger partial charge in [-0.05, 0) is 59.7 Å². The van der Waals surface area contributed by atoms with Crippen LogP contribution in [0.3, 0.4) is 0 Å². The smallest absolute Gasteiger partial charge is 0.267 e. The van der Waals surface area contributed by atoms with Crippen LogP contribution in [0.2, 0.25) is 0 Å². The number of methoxy groups -OCH3 is 2. The molecule has 0 aromatic heterocycles. The van der Waals surface area contributed by atoms with Gasteiger partial charge in [0.05, 0.1) is 20.8 Å². The molecule has 1 aliphatic carbocycles. The van der Waals surface area contributed by atoms with Gasteiger partial charge >= 0.3 is 0 Å². The van der Waals surface area contributed by atoms with Gasteiger partial charge in [0.25, 0.3) is 5.91 Å². The number of hydroxylamine groups is 1. The van der Waals surface area contributed by atoms with Crippen molar-refractivity contribution in [1.29, 1.82) is 0 Å². The molecule has 0 fully saturated rings. The summed E-state index contributed by atoms with van der Waals surface area (Å²) < 4.78 is 10.7. The van der Waals surface area contributed by atoms with Crippen LogP contribution in [0.4, 0.5) is 0 Å². The average molecular weight is 427 g/mol. The molecule has 0 saturated carbocycles. The highest BCUT2D eigenvalue weighted by atomic mass is 16.5. The molecule has 1 aliphatic rings. The molecule has 0 aliphatic heterocycles. The number of amides is 1. The van der Waals surface area contributed by atoms with Crippen LogP contribution in [0.1, 0.15) is 34.7 Å². The number of ether oxygens (including phenoxy) is 2. The van der Waals surface area contributed by atoms with Crippen molar-refractivity contribution in [3.63, 3.8) is 0 Å². The molecule has 2 aromatic rings. The number of aliphatic hydroxyl groups excluding tert-OH is 1. The first-order valence-corrected chi connectivity index (χ1v) is 10.4. The number of aryl methyl sites for hydroxylation is 1. The number of nitrogens with one attached hydrogen (secondary N) is 1. The minimum Gasteiger partial charge on any atom is -0.497 e. The van der Waals surface area contributed by atoms with Gasteiger partial charge in [0.15, 0.2) is 0 Å². The molecule has 166 valence electrons.